The smallest absolute Gasteiger partial charge is 0.237 e. The Balaban J connectivity index is 0.00000133. The quantitative estimate of drug-likeness (QED) is 0.899. The number of hydrogen-bond donors (Lipinski definition) is 2. The molecule has 0 bridgehead atoms. The maximum absolute atomic E-state index is 13.6. The van der Waals surface area contributed by atoms with Crippen molar-refractivity contribution in [2.45, 2.75) is 31.5 Å². The Labute approximate surface area is 122 Å². The summed E-state index contributed by atoms with van der Waals surface area (Å²) in [6, 6.07) is 5.21. The zero-order chi connectivity index (χ0) is 12.7. The van der Waals surface area contributed by atoms with Crippen molar-refractivity contribution in [1.82, 2.24) is 10.6 Å². The third-order valence-electron chi connectivity index (χ3n) is 3.68. The van der Waals surface area contributed by atoms with Crippen molar-refractivity contribution >= 4 is 29.9 Å². The Morgan fingerprint density at radius 3 is 2.95 bits per heavy atom. The van der Waals surface area contributed by atoms with Gasteiger partial charge in [0.15, 0.2) is 0 Å². The van der Waals surface area contributed by atoms with E-state index in [4.69, 9.17) is 11.6 Å². The summed E-state index contributed by atoms with van der Waals surface area (Å²) in [6.45, 7) is 0.179. The molecule has 0 spiro atoms. The number of carbonyl (C=O) groups is 1. The van der Waals surface area contributed by atoms with Gasteiger partial charge >= 0.3 is 0 Å². The van der Waals surface area contributed by atoms with Crippen LogP contribution in [0.25, 0.3) is 0 Å². The van der Waals surface area contributed by atoms with Crippen LogP contribution in [0, 0.1) is 11.7 Å². The van der Waals surface area contributed by atoms with Crippen LogP contribution in [0.2, 0.25) is 5.02 Å². The van der Waals surface area contributed by atoms with Crippen LogP contribution in [0.5, 0.6) is 0 Å². The molecule has 1 heterocycles. The van der Waals surface area contributed by atoms with Gasteiger partial charge < -0.3 is 10.6 Å². The highest BCUT2D eigenvalue weighted by Gasteiger charge is 2.47. The van der Waals surface area contributed by atoms with Crippen LogP contribution in [-0.4, -0.2) is 18.0 Å². The van der Waals surface area contributed by atoms with Crippen molar-refractivity contribution in [3.8, 4) is 0 Å². The summed E-state index contributed by atoms with van der Waals surface area (Å²) in [5.41, 5.74) is 0.416. The van der Waals surface area contributed by atoms with Gasteiger partial charge in [-0.3, -0.25) is 4.79 Å². The number of carbonyl (C=O) groups excluding carboxylic acids is 1. The Morgan fingerprint density at radius 2 is 2.26 bits per heavy atom. The lowest BCUT2D eigenvalue weighted by molar-refractivity contribution is -0.123. The van der Waals surface area contributed by atoms with Crippen LogP contribution < -0.4 is 10.6 Å². The highest BCUT2D eigenvalue weighted by atomic mass is 35.5. The number of nitrogens with one attached hydrogen (secondary N) is 2. The summed E-state index contributed by atoms with van der Waals surface area (Å²) in [4.78, 5) is 11.9. The molecule has 3 atom stereocenters. The Kier molecular flexibility index (Phi) is 4.33. The number of hydrogen-bond acceptors (Lipinski definition) is 2. The molecule has 2 aliphatic rings. The Bertz CT molecular complexity index is 488. The molecule has 1 aliphatic heterocycles. The van der Waals surface area contributed by atoms with E-state index in [1.54, 1.807) is 12.1 Å². The van der Waals surface area contributed by atoms with E-state index < -0.39 is 5.82 Å². The van der Waals surface area contributed by atoms with Gasteiger partial charge in [-0.1, -0.05) is 23.7 Å². The van der Waals surface area contributed by atoms with Gasteiger partial charge in [-0.25, -0.2) is 4.39 Å². The topological polar surface area (TPSA) is 41.1 Å². The number of benzene rings is 1. The molecule has 1 amide bonds. The molecule has 1 aromatic carbocycles. The van der Waals surface area contributed by atoms with E-state index in [-0.39, 0.29) is 35.9 Å². The van der Waals surface area contributed by atoms with Gasteiger partial charge in [0.2, 0.25) is 5.91 Å². The number of halogens is 3. The highest BCUT2D eigenvalue weighted by Crippen LogP contribution is 2.40. The van der Waals surface area contributed by atoms with E-state index in [0.29, 0.717) is 17.5 Å². The number of amides is 1. The molecule has 0 aromatic heterocycles. The number of fused-ring (bicyclic) bond motifs is 1. The second-order valence-electron chi connectivity index (χ2n) is 4.99. The molecule has 1 saturated carbocycles. The number of rotatable bonds is 3. The maximum Gasteiger partial charge on any atom is 0.237 e. The van der Waals surface area contributed by atoms with Crippen molar-refractivity contribution in [3.63, 3.8) is 0 Å². The molecule has 6 heteroatoms. The predicted octanol–water partition coefficient (Wildman–Crippen LogP) is 2.27. The summed E-state index contributed by atoms with van der Waals surface area (Å²) in [7, 11) is 0. The van der Waals surface area contributed by atoms with Gasteiger partial charge in [-0.05, 0) is 24.8 Å². The fourth-order valence-corrected chi connectivity index (χ4v) is 2.71. The molecule has 3 rings (SSSR count). The van der Waals surface area contributed by atoms with E-state index in [1.807, 2.05) is 0 Å². The Morgan fingerprint density at radius 1 is 1.47 bits per heavy atom. The molecule has 2 N–H and O–H groups in total. The summed E-state index contributed by atoms with van der Waals surface area (Å²) < 4.78 is 13.6. The van der Waals surface area contributed by atoms with E-state index in [2.05, 4.69) is 10.6 Å². The summed E-state index contributed by atoms with van der Waals surface area (Å²) >= 11 is 5.68. The normalized spacial score (nSPS) is 27.4. The van der Waals surface area contributed by atoms with Gasteiger partial charge in [0.1, 0.15) is 5.82 Å². The molecule has 104 valence electrons. The lowest BCUT2D eigenvalue weighted by Crippen LogP contribution is -2.41. The maximum atomic E-state index is 13.6. The summed E-state index contributed by atoms with van der Waals surface area (Å²) in [5, 5.41) is 6.09. The second kappa shape index (κ2) is 5.65. The van der Waals surface area contributed by atoms with Crippen molar-refractivity contribution in [3.05, 3.63) is 34.6 Å². The predicted molar refractivity (Wildman–Crippen MR) is 73.9 cm³/mol. The molecular weight excluding hydrogens is 290 g/mol. The van der Waals surface area contributed by atoms with Crippen molar-refractivity contribution < 1.29 is 9.18 Å². The van der Waals surface area contributed by atoms with Gasteiger partial charge in [-0.15, -0.1) is 12.4 Å². The molecule has 0 unspecified atom stereocenters. The van der Waals surface area contributed by atoms with Gasteiger partial charge in [-0.2, -0.15) is 0 Å². The fourth-order valence-electron chi connectivity index (χ4n) is 2.51. The lowest BCUT2D eigenvalue weighted by Gasteiger charge is -2.13. The molecule has 1 aromatic rings. The van der Waals surface area contributed by atoms with Gasteiger partial charge in [0, 0.05) is 18.2 Å². The fraction of sp³-hybridized carbons (Fsp3) is 0.462. The SMILES string of the molecule is Cl.O=C(NCc1cccc(Cl)c1F)[C@@H]1C[C@H]2C[C@H]2N1. The van der Waals surface area contributed by atoms with Crippen LogP contribution >= 0.6 is 24.0 Å². The van der Waals surface area contributed by atoms with E-state index in [9.17, 15) is 9.18 Å². The van der Waals surface area contributed by atoms with Crippen LogP contribution in [0.15, 0.2) is 18.2 Å². The standard InChI is InChI=1S/C13H14ClFN2O.ClH/c14-9-3-1-2-7(12(9)15)6-16-13(18)11-5-8-4-10(8)17-11;/h1-3,8,10-11,17H,4-6H2,(H,16,18);1H/t8-,10-,11+;/m1./s1. The van der Waals surface area contributed by atoms with Crippen molar-refractivity contribution in [2.24, 2.45) is 5.92 Å². The first-order chi connectivity index (χ1) is 8.65. The summed E-state index contributed by atoms with van der Waals surface area (Å²) in [6.07, 6.45) is 2.08. The monoisotopic (exact) mass is 304 g/mol. The van der Waals surface area contributed by atoms with Gasteiger partial charge in [0.05, 0.1) is 11.1 Å². The minimum Gasteiger partial charge on any atom is -0.351 e. The zero-order valence-corrected chi connectivity index (χ0v) is 11.7. The zero-order valence-electron chi connectivity index (χ0n) is 10.2. The first-order valence-corrected chi connectivity index (χ1v) is 6.49. The van der Waals surface area contributed by atoms with Crippen LogP contribution in [0.1, 0.15) is 18.4 Å². The lowest BCUT2D eigenvalue weighted by atomic mass is 10.1. The van der Waals surface area contributed by atoms with Crippen LogP contribution in [0.4, 0.5) is 4.39 Å². The molecule has 1 saturated heterocycles. The van der Waals surface area contributed by atoms with Gasteiger partial charge in [0.25, 0.3) is 0 Å². The average Bonchev–Trinajstić information content (AvgIpc) is 2.97. The average molecular weight is 305 g/mol. The van der Waals surface area contributed by atoms with Crippen molar-refractivity contribution in [1.29, 1.82) is 0 Å². The Hall–Kier alpha value is -0.840. The van der Waals surface area contributed by atoms with E-state index in [1.165, 1.54) is 12.5 Å². The second-order valence-corrected chi connectivity index (χ2v) is 5.40. The van der Waals surface area contributed by atoms with Crippen LogP contribution in [-0.2, 0) is 11.3 Å². The van der Waals surface area contributed by atoms with Crippen molar-refractivity contribution in [2.75, 3.05) is 0 Å². The van der Waals surface area contributed by atoms with Crippen LogP contribution in [0.3, 0.4) is 0 Å². The first kappa shape index (κ1) is 14.6. The third kappa shape index (κ3) is 3.02. The largest absolute Gasteiger partial charge is 0.351 e. The molecule has 3 nitrogen and oxygen atoms in total. The third-order valence-corrected chi connectivity index (χ3v) is 3.97. The molecule has 2 fully saturated rings. The number of piperidine rings is 1. The first-order valence-electron chi connectivity index (χ1n) is 6.12. The minimum atomic E-state index is -0.457. The molecule has 1 aliphatic carbocycles. The van der Waals surface area contributed by atoms with E-state index >= 15 is 0 Å². The highest BCUT2D eigenvalue weighted by molar-refractivity contribution is 6.30. The summed E-state index contributed by atoms with van der Waals surface area (Å²) in [5.74, 6) is 0.159. The molecule has 0 radical (unpaired) electrons. The minimum absolute atomic E-state index is 0. The molecule has 19 heavy (non-hydrogen) atoms. The molecular formula is C13H15Cl2FN2O. The van der Waals surface area contributed by atoms with E-state index in [0.717, 1.165) is 6.42 Å².